The second-order valence-corrected chi connectivity index (χ2v) is 5.94. The van der Waals surface area contributed by atoms with Gasteiger partial charge in [-0.05, 0) is 30.0 Å². The van der Waals surface area contributed by atoms with E-state index in [2.05, 4.69) is 29.8 Å². The molecule has 1 aliphatic heterocycles. The molecule has 92 valence electrons. The van der Waals surface area contributed by atoms with Crippen molar-refractivity contribution in [2.24, 2.45) is 11.1 Å². The van der Waals surface area contributed by atoms with Crippen molar-refractivity contribution < 1.29 is 0 Å². The summed E-state index contributed by atoms with van der Waals surface area (Å²) in [6.07, 6.45) is 2.99. The van der Waals surface area contributed by atoms with Gasteiger partial charge in [-0.1, -0.05) is 32.1 Å². The Hall–Kier alpha value is -1.00. The summed E-state index contributed by atoms with van der Waals surface area (Å²) in [6.45, 7) is 7.77. The zero-order valence-corrected chi connectivity index (χ0v) is 11.3. The van der Waals surface area contributed by atoms with Gasteiger partial charge in [0.2, 0.25) is 0 Å². The molecular formula is C13H19N3S. The van der Waals surface area contributed by atoms with Crippen LogP contribution in [-0.2, 0) is 6.54 Å². The molecule has 3 nitrogen and oxygen atoms in total. The lowest BCUT2D eigenvalue weighted by Gasteiger charge is -2.20. The van der Waals surface area contributed by atoms with E-state index in [-0.39, 0.29) is 0 Å². The molecule has 0 spiro atoms. The van der Waals surface area contributed by atoms with Crippen LogP contribution in [-0.4, -0.2) is 28.0 Å². The third-order valence-electron chi connectivity index (χ3n) is 3.28. The van der Waals surface area contributed by atoms with Gasteiger partial charge in [0, 0.05) is 19.3 Å². The Morgan fingerprint density at radius 3 is 2.94 bits per heavy atom. The molecule has 1 aliphatic rings. The number of hydrogen-bond donors (Lipinski definition) is 1. The molecule has 0 unspecified atom stereocenters. The van der Waals surface area contributed by atoms with Crippen LogP contribution in [0.3, 0.4) is 0 Å². The van der Waals surface area contributed by atoms with Gasteiger partial charge in [0.25, 0.3) is 0 Å². The fourth-order valence-electron chi connectivity index (χ4n) is 2.39. The topological polar surface area (TPSA) is 42.2 Å². The molecule has 2 heterocycles. The number of nitrogens with two attached hydrogens (primary N) is 1. The fourth-order valence-corrected chi connectivity index (χ4v) is 2.57. The molecule has 0 saturated carbocycles. The van der Waals surface area contributed by atoms with E-state index in [1.54, 1.807) is 6.20 Å². The van der Waals surface area contributed by atoms with Crippen molar-refractivity contribution in [1.82, 2.24) is 9.88 Å². The molecule has 1 aromatic rings. The van der Waals surface area contributed by atoms with Crippen LogP contribution in [0.5, 0.6) is 0 Å². The van der Waals surface area contributed by atoms with Gasteiger partial charge in [-0.2, -0.15) is 0 Å². The van der Waals surface area contributed by atoms with Gasteiger partial charge in [0.15, 0.2) is 0 Å². The smallest absolute Gasteiger partial charge is 0.123 e. The first kappa shape index (κ1) is 12.5. The minimum atomic E-state index is 0.388. The molecule has 1 fully saturated rings. The molecule has 0 aromatic carbocycles. The summed E-state index contributed by atoms with van der Waals surface area (Å²) in [7, 11) is 0. The number of thiocarbonyl (C=S) groups is 1. The molecule has 1 saturated heterocycles. The Labute approximate surface area is 108 Å². The molecule has 0 radical (unpaired) electrons. The second kappa shape index (κ2) is 4.70. The van der Waals surface area contributed by atoms with Crippen molar-refractivity contribution >= 4 is 17.2 Å². The molecule has 4 heteroatoms. The molecule has 0 atom stereocenters. The number of pyridine rings is 1. The highest BCUT2D eigenvalue weighted by molar-refractivity contribution is 7.80. The zero-order chi connectivity index (χ0) is 12.5. The van der Waals surface area contributed by atoms with E-state index in [1.165, 1.54) is 6.42 Å². The van der Waals surface area contributed by atoms with Gasteiger partial charge < -0.3 is 5.73 Å². The maximum atomic E-state index is 5.69. The Kier molecular flexibility index (Phi) is 3.45. The van der Waals surface area contributed by atoms with Crippen LogP contribution in [0.4, 0.5) is 0 Å². The van der Waals surface area contributed by atoms with Crippen molar-refractivity contribution in [3.8, 4) is 0 Å². The number of nitrogens with zero attached hydrogens (tertiary/aromatic N) is 2. The van der Waals surface area contributed by atoms with Crippen LogP contribution >= 0.6 is 12.2 Å². The Morgan fingerprint density at radius 1 is 1.59 bits per heavy atom. The van der Waals surface area contributed by atoms with Gasteiger partial charge in [-0.25, -0.2) is 0 Å². The van der Waals surface area contributed by atoms with E-state index >= 15 is 0 Å². The van der Waals surface area contributed by atoms with Crippen molar-refractivity contribution in [3.05, 3.63) is 29.6 Å². The summed E-state index contributed by atoms with van der Waals surface area (Å²) in [5.41, 5.74) is 8.02. The van der Waals surface area contributed by atoms with Crippen LogP contribution < -0.4 is 5.73 Å². The van der Waals surface area contributed by atoms with Crippen LogP contribution in [0.15, 0.2) is 18.3 Å². The summed E-state index contributed by atoms with van der Waals surface area (Å²) in [5.74, 6) is 0. The lowest BCUT2D eigenvalue weighted by Crippen LogP contribution is -2.25. The number of hydrogen-bond acceptors (Lipinski definition) is 3. The predicted molar refractivity (Wildman–Crippen MR) is 73.8 cm³/mol. The Morgan fingerprint density at radius 2 is 2.35 bits per heavy atom. The Balaban J connectivity index is 2.12. The molecule has 1 aromatic heterocycles. The highest BCUT2D eigenvalue weighted by atomic mass is 32.1. The van der Waals surface area contributed by atoms with E-state index in [4.69, 9.17) is 18.0 Å². The maximum Gasteiger partial charge on any atom is 0.123 e. The van der Waals surface area contributed by atoms with Gasteiger partial charge in [-0.3, -0.25) is 9.88 Å². The van der Waals surface area contributed by atoms with Gasteiger partial charge in [-0.15, -0.1) is 0 Å². The van der Waals surface area contributed by atoms with Crippen LogP contribution in [0.2, 0.25) is 0 Å². The highest BCUT2D eigenvalue weighted by Gasteiger charge is 2.29. The molecule has 0 bridgehead atoms. The van der Waals surface area contributed by atoms with Crippen LogP contribution in [0, 0.1) is 5.41 Å². The van der Waals surface area contributed by atoms with E-state index in [0.717, 1.165) is 30.9 Å². The second-order valence-electron chi connectivity index (χ2n) is 5.50. The third-order valence-corrected chi connectivity index (χ3v) is 3.47. The fraction of sp³-hybridized carbons (Fsp3) is 0.538. The van der Waals surface area contributed by atoms with E-state index < -0.39 is 0 Å². The van der Waals surface area contributed by atoms with Crippen LogP contribution in [0.1, 0.15) is 31.5 Å². The first-order valence-corrected chi connectivity index (χ1v) is 6.35. The molecule has 17 heavy (non-hydrogen) atoms. The van der Waals surface area contributed by atoms with Crippen molar-refractivity contribution in [3.63, 3.8) is 0 Å². The van der Waals surface area contributed by atoms with Gasteiger partial charge in [0.05, 0.1) is 0 Å². The summed E-state index contributed by atoms with van der Waals surface area (Å²) in [6, 6.07) is 4.01. The minimum absolute atomic E-state index is 0.388. The lowest BCUT2D eigenvalue weighted by atomic mass is 9.93. The normalized spacial score (nSPS) is 19.4. The monoisotopic (exact) mass is 249 g/mol. The summed E-state index contributed by atoms with van der Waals surface area (Å²) >= 11 is 5.03. The minimum Gasteiger partial charge on any atom is -0.388 e. The first-order valence-electron chi connectivity index (χ1n) is 5.94. The number of rotatable bonds is 3. The first-order chi connectivity index (χ1) is 7.98. The predicted octanol–water partition coefficient (Wildman–Crippen LogP) is 1.95. The highest BCUT2D eigenvalue weighted by Crippen LogP contribution is 2.29. The molecule has 2 rings (SSSR count). The van der Waals surface area contributed by atoms with E-state index in [1.807, 2.05) is 6.07 Å². The molecule has 0 amide bonds. The zero-order valence-electron chi connectivity index (χ0n) is 10.4. The largest absolute Gasteiger partial charge is 0.388 e. The average Bonchev–Trinajstić information content (AvgIpc) is 2.58. The van der Waals surface area contributed by atoms with Crippen molar-refractivity contribution in [2.45, 2.75) is 26.8 Å². The summed E-state index contributed by atoms with van der Waals surface area (Å²) in [5, 5.41) is 0. The molecule has 0 aliphatic carbocycles. The maximum absolute atomic E-state index is 5.69. The lowest BCUT2D eigenvalue weighted by molar-refractivity contribution is 0.284. The molecular weight excluding hydrogens is 230 g/mol. The van der Waals surface area contributed by atoms with Gasteiger partial charge >= 0.3 is 0 Å². The average molecular weight is 249 g/mol. The van der Waals surface area contributed by atoms with Gasteiger partial charge in [0.1, 0.15) is 10.7 Å². The summed E-state index contributed by atoms with van der Waals surface area (Å²) < 4.78 is 0. The quantitative estimate of drug-likeness (QED) is 0.831. The van der Waals surface area contributed by atoms with E-state index in [9.17, 15) is 0 Å². The molecule has 2 N–H and O–H groups in total. The summed E-state index contributed by atoms with van der Waals surface area (Å²) in [4.78, 5) is 7.09. The third kappa shape index (κ3) is 3.01. The van der Waals surface area contributed by atoms with Crippen LogP contribution in [0.25, 0.3) is 0 Å². The number of aromatic nitrogens is 1. The standard InChI is InChI=1S/C13H19N3S/c1-13(2)5-7-16(9-13)8-10-4-3-6-15-11(10)12(14)17/h3-4,6H,5,7-9H2,1-2H3,(H2,14,17). The van der Waals surface area contributed by atoms with Crippen molar-refractivity contribution in [1.29, 1.82) is 0 Å². The van der Waals surface area contributed by atoms with E-state index in [0.29, 0.717) is 10.4 Å². The van der Waals surface area contributed by atoms with Crippen molar-refractivity contribution in [2.75, 3.05) is 13.1 Å². The number of likely N-dealkylation sites (tertiary alicyclic amines) is 1. The Bertz CT molecular complexity index is 428. The SMILES string of the molecule is CC1(C)CCN(Cc2cccnc2C(N)=S)C1.